The maximum absolute atomic E-state index is 11.5. The van der Waals surface area contributed by atoms with Crippen LogP contribution in [-0.4, -0.2) is 41.8 Å². The first-order valence-corrected chi connectivity index (χ1v) is 5.18. The molecule has 0 aromatic heterocycles. The topological polar surface area (TPSA) is 66.8 Å². The Morgan fingerprint density at radius 1 is 1.56 bits per heavy atom. The summed E-state index contributed by atoms with van der Waals surface area (Å²) in [5.74, 6) is -1.15. The molecule has 1 N–H and O–H groups in total. The third-order valence-corrected chi connectivity index (χ3v) is 2.47. The second kappa shape index (κ2) is 6.87. The average Bonchev–Trinajstić information content (AvgIpc) is 2.24. The molecule has 0 saturated carbocycles. The normalized spacial score (nSPS) is 13.7. The predicted molar refractivity (Wildman–Crippen MR) is 60.2 cm³/mol. The molecule has 5 heteroatoms. The van der Waals surface area contributed by atoms with Crippen molar-refractivity contribution in [2.24, 2.45) is 5.92 Å². The number of aliphatic carboxylic acids is 1. The van der Waals surface area contributed by atoms with Gasteiger partial charge in [0.1, 0.15) is 12.6 Å². The van der Waals surface area contributed by atoms with Crippen LogP contribution in [0.5, 0.6) is 0 Å². The van der Waals surface area contributed by atoms with Crippen molar-refractivity contribution in [3.05, 3.63) is 12.7 Å². The highest BCUT2D eigenvalue weighted by molar-refractivity contribution is 5.80. The van der Waals surface area contributed by atoms with E-state index in [1.54, 1.807) is 6.92 Å². The van der Waals surface area contributed by atoms with E-state index in [0.29, 0.717) is 6.42 Å². The minimum absolute atomic E-state index is 0.0794. The molecule has 0 rings (SSSR count). The standard InChI is InChI=1S/C11H19NO4/c1-5-7-16-11(15)12(4)9(10(13)14)8(3)6-2/h5,8-9H,1,6-7H2,2-4H3,(H,13,14)/t8-,9-/m0/s1. The van der Waals surface area contributed by atoms with Gasteiger partial charge in [0.05, 0.1) is 0 Å². The third kappa shape index (κ3) is 3.92. The van der Waals surface area contributed by atoms with Gasteiger partial charge in [-0.05, 0) is 5.92 Å². The second-order valence-electron chi connectivity index (χ2n) is 3.65. The van der Waals surface area contributed by atoms with E-state index in [1.165, 1.54) is 13.1 Å². The molecule has 0 aromatic carbocycles. The second-order valence-corrected chi connectivity index (χ2v) is 3.65. The van der Waals surface area contributed by atoms with Crippen LogP contribution in [0.1, 0.15) is 20.3 Å². The van der Waals surface area contributed by atoms with Gasteiger partial charge in [-0.2, -0.15) is 0 Å². The van der Waals surface area contributed by atoms with Crippen LogP contribution in [0.2, 0.25) is 0 Å². The van der Waals surface area contributed by atoms with E-state index in [9.17, 15) is 9.59 Å². The first-order valence-electron chi connectivity index (χ1n) is 5.18. The molecule has 2 atom stereocenters. The van der Waals surface area contributed by atoms with Crippen LogP contribution in [0.3, 0.4) is 0 Å². The number of carboxylic acids is 1. The van der Waals surface area contributed by atoms with Crippen LogP contribution in [-0.2, 0) is 9.53 Å². The SMILES string of the molecule is C=CCOC(=O)N(C)[C@H](C(=O)O)[C@@H](C)CC. The minimum atomic E-state index is -1.02. The van der Waals surface area contributed by atoms with Gasteiger partial charge in [-0.3, -0.25) is 4.90 Å². The van der Waals surface area contributed by atoms with E-state index < -0.39 is 18.1 Å². The number of nitrogens with zero attached hydrogens (tertiary/aromatic N) is 1. The Bertz CT molecular complexity index is 265. The number of rotatable bonds is 6. The number of hydrogen-bond acceptors (Lipinski definition) is 3. The van der Waals surface area contributed by atoms with Crippen molar-refractivity contribution >= 4 is 12.1 Å². The predicted octanol–water partition coefficient (Wildman–Crippen LogP) is 1.74. The maximum Gasteiger partial charge on any atom is 0.410 e. The van der Waals surface area contributed by atoms with Crippen molar-refractivity contribution in [2.45, 2.75) is 26.3 Å². The number of carboxylic acid groups (broad SMARTS) is 1. The summed E-state index contributed by atoms with van der Waals surface area (Å²) in [7, 11) is 1.43. The molecule has 92 valence electrons. The molecule has 0 fully saturated rings. The van der Waals surface area contributed by atoms with Crippen LogP contribution in [0.4, 0.5) is 4.79 Å². The summed E-state index contributed by atoms with van der Waals surface area (Å²) in [6.07, 6.45) is 1.47. The molecule has 0 spiro atoms. The van der Waals surface area contributed by atoms with Crippen LogP contribution in [0.15, 0.2) is 12.7 Å². The lowest BCUT2D eigenvalue weighted by Crippen LogP contribution is -2.46. The highest BCUT2D eigenvalue weighted by Crippen LogP contribution is 2.14. The molecule has 0 saturated heterocycles. The van der Waals surface area contributed by atoms with Gasteiger partial charge in [0.25, 0.3) is 0 Å². The molecule has 0 radical (unpaired) electrons. The largest absolute Gasteiger partial charge is 0.480 e. The van der Waals surface area contributed by atoms with Gasteiger partial charge < -0.3 is 9.84 Å². The Labute approximate surface area is 95.7 Å². The zero-order valence-corrected chi connectivity index (χ0v) is 9.97. The van der Waals surface area contributed by atoms with Crippen LogP contribution < -0.4 is 0 Å². The maximum atomic E-state index is 11.5. The van der Waals surface area contributed by atoms with Crippen molar-refractivity contribution in [1.82, 2.24) is 4.90 Å². The average molecular weight is 229 g/mol. The van der Waals surface area contributed by atoms with Gasteiger partial charge in [0.2, 0.25) is 0 Å². The summed E-state index contributed by atoms with van der Waals surface area (Å²) in [6.45, 7) is 7.16. The van der Waals surface area contributed by atoms with Crippen LogP contribution in [0.25, 0.3) is 0 Å². The van der Waals surface area contributed by atoms with Gasteiger partial charge in [0.15, 0.2) is 0 Å². The lowest BCUT2D eigenvalue weighted by Gasteiger charge is -2.28. The fraction of sp³-hybridized carbons (Fsp3) is 0.636. The van der Waals surface area contributed by atoms with E-state index in [1.807, 2.05) is 6.92 Å². The van der Waals surface area contributed by atoms with E-state index in [0.717, 1.165) is 4.90 Å². The zero-order chi connectivity index (χ0) is 12.7. The Kier molecular flexibility index (Phi) is 6.22. The number of carbonyl (C=O) groups excluding carboxylic acids is 1. The Hall–Kier alpha value is -1.52. The summed E-state index contributed by atoms with van der Waals surface area (Å²) in [5, 5.41) is 9.05. The van der Waals surface area contributed by atoms with Crippen LogP contribution in [0, 0.1) is 5.92 Å². The summed E-state index contributed by atoms with van der Waals surface area (Å²) in [5.41, 5.74) is 0. The lowest BCUT2D eigenvalue weighted by atomic mass is 9.98. The van der Waals surface area contributed by atoms with Gasteiger partial charge >= 0.3 is 12.1 Å². The van der Waals surface area contributed by atoms with Gasteiger partial charge in [-0.25, -0.2) is 9.59 Å². The van der Waals surface area contributed by atoms with E-state index in [2.05, 4.69) is 6.58 Å². The van der Waals surface area contributed by atoms with Gasteiger partial charge in [0, 0.05) is 7.05 Å². The van der Waals surface area contributed by atoms with Crippen molar-refractivity contribution in [2.75, 3.05) is 13.7 Å². The molecule has 0 aliphatic heterocycles. The zero-order valence-electron chi connectivity index (χ0n) is 9.97. The smallest absolute Gasteiger partial charge is 0.410 e. The number of likely N-dealkylation sites (N-methyl/N-ethyl adjacent to an activating group) is 1. The number of ether oxygens (including phenoxy) is 1. The lowest BCUT2D eigenvalue weighted by molar-refractivity contribution is -0.144. The fourth-order valence-corrected chi connectivity index (χ4v) is 1.36. The van der Waals surface area contributed by atoms with Crippen molar-refractivity contribution < 1.29 is 19.4 Å². The minimum Gasteiger partial charge on any atom is -0.480 e. The summed E-state index contributed by atoms with van der Waals surface area (Å²) in [4.78, 5) is 23.6. The molecule has 1 amide bonds. The Morgan fingerprint density at radius 3 is 2.50 bits per heavy atom. The van der Waals surface area contributed by atoms with Gasteiger partial charge in [-0.15, -0.1) is 0 Å². The monoisotopic (exact) mass is 229 g/mol. The van der Waals surface area contributed by atoms with Crippen molar-refractivity contribution in [3.8, 4) is 0 Å². The molecule has 0 aliphatic rings. The van der Waals surface area contributed by atoms with Crippen molar-refractivity contribution in [1.29, 1.82) is 0 Å². The molecule has 0 aliphatic carbocycles. The number of amides is 1. The first kappa shape index (κ1) is 14.5. The van der Waals surface area contributed by atoms with E-state index >= 15 is 0 Å². The molecule has 0 bridgehead atoms. The molecule has 0 unspecified atom stereocenters. The summed E-state index contributed by atoms with van der Waals surface area (Å²) < 4.78 is 4.78. The summed E-state index contributed by atoms with van der Waals surface area (Å²) in [6, 6.07) is -0.859. The Balaban J connectivity index is 4.60. The molecule has 0 heterocycles. The first-order chi connectivity index (χ1) is 7.45. The third-order valence-electron chi connectivity index (χ3n) is 2.47. The van der Waals surface area contributed by atoms with Crippen molar-refractivity contribution in [3.63, 3.8) is 0 Å². The highest BCUT2D eigenvalue weighted by atomic mass is 16.6. The Morgan fingerprint density at radius 2 is 2.12 bits per heavy atom. The highest BCUT2D eigenvalue weighted by Gasteiger charge is 2.31. The molecular weight excluding hydrogens is 210 g/mol. The van der Waals surface area contributed by atoms with E-state index in [4.69, 9.17) is 9.84 Å². The molecule has 5 nitrogen and oxygen atoms in total. The van der Waals surface area contributed by atoms with Gasteiger partial charge in [-0.1, -0.05) is 32.9 Å². The van der Waals surface area contributed by atoms with E-state index in [-0.39, 0.29) is 12.5 Å². The number of hydrogen-bond donors (Lipinski definition) is 1. The quantitative estimate of drug-likeness (QED) is 0.704. The summed E-state index contributed by atoms with van der Waals surface area (Å²) >= 11 is 0. The van der Waals surface area contributed by atoms with Crippen LogP contribution >= 0.6 is 0 Å². The fourth-order valence-electron chi connectivity index (χ4n) is 1.36. The number of carbonyl (C=O) groups is 2. The molecular formula is C11H19NO4. The molecule has 0 aromatic rings. The molecule has 16 heavy (non-hydrogen) atoms.